The fourth-order valence-corrected chi connectivity index (χ4v) is 4.09. The number of likely N-dealkylation sites (N-methyl/N-ethyl adjacent to an activating group) is 1. The number of hydrogen-bond acceptors (Lipinski definition) is 1. The van der Waals surface area contributed by atoms with Crippen molar-refractivity contribution in [1.29, 1.82) is 0 Å². The average Bonchev–Trinajstić information content (AvgIpc) is 2.48. The van der Waals surface area contributed by atoms with Crippen molar-refractivity contribution in [2.24, 2.45) is 11.8 Å². The van der Waals surface area contributed by atoms with Gasteiger partial charge in [0.25, 0.3) is 0 Å². The van der Waals surface area contributed by atoms with E-state index >= 15 is 0 Å². The first-order chi connectivity index (χ1) is 9.70. The maximum atomic E-state index is 6.22. The van der Waals surface area contributed by atoms with Crippen molar-refractivity contribution in [1.82, 2.24) is 5.32 Å². The van der Waals surface area contributed by atoms with Gasteiger partial charge in [0.15, 0.2) is 0 Å². The lowest BCUT2D eigenvalue weighted by molar-refractivity contribution is 0.318. The predicted molar refractivity (Wildman–Crippen MR) is 87.4 cm³/mol. The lowest BCUT2D eigenvalue weighted by atomic mass is 9.65. The van der Waals surface area contributed by atoms with Crippen molar-refractivity contribution >= 4 is 28.8 Å². The molecule has 4 rings (SSSR count). The lowest BCUT2D eigenvalue weighted by Gasteiger charge is -2.41. The summed E-state index contributed by atoms with van der Waals surface area (Å²) in [6.45, 7) is 4.21. The van der Waals surface area contributed by atoms with Crippen molar-refractivity contribution in [2.75, 3.05) is 13.1 Å². The number of fused-ring (bicyclic) bond motifs is 2. The molecule has 0 atom stereocenters. The molecule has 2 bridgehead atoms. The Bertz CT molecular complexity index is 528. The molecule has 0 saturated heterocycles. The third-order valence-electron chi connectivity index (χ3n) is 4.77. The topological polar surface area (TPSA) is 12.0 Å². The van der Waals surface area contributed by atoms with Gasteiger partial charge in [-0.3, -0.25) is 0 Å². The molecule has 0 heterocycles. The molecule has 1 aromatic carbocycles. The van der Waals surface area contributed by atoms with Gasteiger partial charge in [-0.2, -0.15) is 0 Å². The van der Waals surface area contributed by atoms with Gasteiger partial charge in [-0.05, 0) is 72.9 Å². The standard InChI is InChI=1S/C17H21Cl2N/c1-2-20-10-14-11-3-5-12(6-4-11)17(14)13-7-8-15(18)16(19)9-13/h7-9,11-12,20H,2-6,10H2,1H3. The first-order valence-corrected chi connectivity index (χ1v) is 8.35. The maximum Gasteiger partial charge on any atom is 0.0598 e. The van der Waals surface area contributed by atoms with E-state index in [-0.39, 0.29) is 0 Å². The van der Waals surface area contributed by atoms with Crippen LogP contribution in [0.15, 0.2) is 23.8 Å². The monoisotopic (exact) mass is 309 g/mol. The van der Waals surface area contributed by atoms with E-state index in [1.165, 1.54) is 31.2 Å². The lowest BCUT2D eigenvalue weighted by Crippen LogP contribution is -2.31. The van der Waals surface area contributed by atoms with Crippen molar-refractivity contribution in [3.63, 3.8) is 0 Å². The molecular formula is C17H21Cl2N. The molecule has 0 radical (unpaired) electrons. The molecule has 0 aromatic heterocycles. The second-order valence-corrected chi connectivity index (χ2v) is 6.71. The molecular weight excluding hydrogens is 289 g/mol. The molecule has 0 aliphatic heterocycles. The third-order valence-corrected chi connectivity index (χ3v) is 5.51. The summed E-state index contributed by atoms with van der Waals surface area (Å²) in [6.07, 6.45) is 5.37. The predicted octanol–water partition coefficient (Wildman–Crippen LogP) is 5.18. The van der Waals surface area contributed by atoms with Gasteiger partial charge in [-0.1, -0.05) is 36.2 Å². The van der Waals surface area contributed by atoms with Crippen LogP contribution in [0.2, 0.25) is 10.0 Å². The molecule has 1 N–H and O–H groups in total. The number of allylic oxidation sites excluding steroid dienone is 1. The average molecular weight is 310 g/mol. The Morgan fingerprint density at radius 2 is 1.75 bits per heavy atom. The normalized spacial score (nSPS) is 25.4. The van der Waals surface area contributed by atoms with Crippen LogP contribution >= 0.6 is 23.2 Å². The van der Waals surface area contributed by atoms with Gasteiger partial charge in [0.2, 0.25) is 0 Å². The zero-order valence-electron chi connectivity index (χ0n) is 11.9. The van der Waals surface area contributed by atoms with Crippen LogP contribution in [0.1, 0.15) is 38.2 Å². The van der Waals surface area contributed by atoms with Gasteiger partial charge >= 0.3 is 0 Å². The molecule has 0 spiro atoms. The Kier molecular flexibility index (Phi) is 4.40. The first-order valence-electron chi connectivity index (χ1n) is 7.59. The quantitative estimate of drug-likeness (QED) is 0.808. The number of benzene rings is 1. The fraction of sp³-hybridized carbons (Fsp3) is 0.529. The SMILES string of the molecule is CCNCC1=C(c2ccc(Cl)c(Cl)c2)C2CCC1CC2. The van der Waals surface area contributed by atoms with Crippen LogP contribution < -0.4 is 5.32 Å². The van der Waals surface area contributed by atoms with E-state index in [9.17, 15) is 0 Å². The van der Waals surface area contributed by atoms with Crippen LogP contribution in [0.25, 0.3) is 5.57 Å². The molecule has 1 fully saturated rings. The number of halogens is 2. The fourth-order valence-electron chi connectivity index (χ4n) is 3.80. The van der Waals surface area contributed by atoms with Crippen LogP contribution in [0.5, 0.6) is 0 Å². The largest absolute Gasteiger partial charge is 0.313 e. The van der Waals surface area contributed by atoms with Crippen LogP contribution in [0.3, 0.4) is 0 Å². The summed E-state index contributed by atoms with van der Waals surface area (Å²) in [7, 11) is 0. The van der Waals surface area contributed by atoms with Crippen molar-refractivity contribution < 1.29 is 0 Å². The maximum absolute atomic E-state index is 6.22. The third kappa shape index (κ3) is 2.64. The van der Waals surface area contributed by atoms with Gasteiger partial charge in [0, 0.05) is 6.54 Å². The molecule has 1 saturated carbocycles. The molecule has 0 amide bonds. The van der Waals surface area contributed by atoms with Gasteiger partial charge in [0.1, 0.15) is 0 Å². The summed E-state index contributed by atoms with van der Waals surface area (Å²) >= 11 is 12.3. The van der Waals surface area contributed by atoms with Crippen LogP contribution in [-0.2, 0) is 0 Å². The van der Waals surface area contributed by atoms with Crippen LogP contribution in [0.4, 0.5) is 0 Å². The number of hydrogen-bond donors (Lipinski definition) is 1. The number of rotatable bonds is 4. The zero-order chi connectivity index (χ0) is 14.1. The molecule has 0 unspecified atom stereocenters. The Hall–Kier alpha value is -0.500. The minimum Gasteiger partial charge on any atom is -0.313 e. The second-order valence-electron chi connectivity index (χ2n) is 5.90. The van der Waals surface area contributed by atoms with Crippen molar-refractivity contribution in [3.05, 3.63) is 39.4 Å². The second kappa shape index (κ2) is 6.09. The van der Waals surface area contributed by atoms with Gasteiger partial charge in [-0.15, -0.1) is 0 Å². The van der Waals surface area contributed by atoms with E-state index in [0.717, 1.165) is 19.0 Å². The highest BCUT2D eigenvalue weighted by Gasteiger charge is 2.35. The highest BCUT2D eigenvalue weighted by atomic mass is 35.5. The minimum atomic E-state index is 0.644. The Balaban J connectivity index is 2.03. The van der Waals surface area contributed by atoms with E-state index in [4.69, 9.17) is 23.2 Å². The Morgan fingerprint density at radius 3 is 2.40 bits per heavy atom. The molecule has 3 aliphatic carbocycles. The summed E-state index contributed by atoms with van der Waals surface area (Å²) in [6, 6.07) is 6.11. The van der Waals surface area contributed by atoms with E-state index in [0.29, 0.717) is 16.0 Å². The van der Waals surface area contributed by atoms with E-state index < -0.39 is 0 Å². The smallest absolute Gasteiger partial charge is 0.0598 e. The van der Waals surface area contributed by atoms with Crippen molar-refractivity contribution in [2.45, 2.75) is 32.6 Å². The van der Waals surface area contributed by atoms with E-state index in [2.05, 4.69) is 18.3 Å². The summed E-state index contributed by atoms with van der Waals surface area (Å²) in [5.74, 6) is 1.48. The highest BCUT2D eigenvalue weighted by Crippen LogP contribution is 2.49. The summed E-state index contributed by atoms with van der Waals surface area (Å²) in [5, 5.41) is 4.82. The van der Waals surface area contributed by atoms with E-state index in [1.54, 1.807) is 11.1 Å². The molecule has 3 heteroatoms. The van der Waals surface area contributed by atoms with Gasteiger partial charge < -0.3 is 5.32 Å². The van der Waals surface area contributed by atoms with Gasteiger partial charge in [-0.25, -0.2) is 0 Å². The molecule has 3 aliphatic rings. The molecule has 20 heavy (non-hydrogen) atoms. The zero-order valence-corrected chi connectivity index (χ0v) is 13.4. The van der Waals surface area contributed by atoms with Crippen LogP contribution in [0, 0.1) is 11.8 Å². The Morgan fingerprint density at radius 1 is 1.05 bits per heavy atom. The van der Waals surface area contributed by atoms with Crippen molar-refractivity contribution in [3.8, 4) is 0 Å². The minimum absolute atomic E-state index is 0.644. The molecule has 1 nitrogen and oxygen atoms in total. The summed E-state index contributed by atoms with van der Waals surface area (Å²) < 4.78 is 0. The number of nitrogens with one attached hydrogen (secondary N) is 1. The van der Waals surface area contributed by atoms with E-state index in [1.807, 2.05) is 12.1 Å². The highest BCUT2D eigenvalue weighted by molar-refractivity contribution is 6.42. The van der Waals surface area contributed by atoms with Gasteiger partial charge in [0.05, 0.1) is 10.0 Å². The summed E-state index contributed by atoms with van der Waals surface area (Å²) in [5.41, 5.74) is 4.45. The Labute approximate surface area is 131 Å². The molecule has 108 valence electrons. The first kappa shape index (κ1) is 14.4. The summed E-state index contributed by atoms with van der Waals surface area (Å²) in [4.78, 5) is 0. The van der Waals surface area contributed by atoms with Crippen LogP contribution in [-0.4, -0.2) is 13.1 Å². The molecule has 1 aromatic rings.